The van der Waals surface area contributed by atoms with Crippen molar-refractivity contribution in [2.45, 2.75) is 57.9 Å². The molecule has 1 aliphatic carbocycles. The summed E-state index contributed by atoms with van der Waals surface area (Å²) in [5, 5.41) is 0.240. The highest BCUT2D eigenvalue weighted by molar-refractivity contribution is 6.30. The molecule has 1 aromatic carbocycles. The summed E-state index contributed by atoms with van der Waals surface area (Å²) in [5.41, 5.74) is 7.56. The third-order valence-electron chi connectivity index (χ3n) is 4.00. The molecular weight excluding hydrogens is 261 g/mol. The van der Waals surface area contributed by atoms with Gasteiger partial charge in [0.05, 0.1) is 5.02 Å². The monoisotopic (exact) mass is 283 g/mol. The Morgan fingerprint density at radius 3 is 2.53 bits per heavy atom. The molecule has 2 unspecified atom stereocenters. The van der Waals surface area contributed by atoms with Crippen LogP contribution in [0.5, 0.6) is 0 Å². The summed E-state index contributed by atoms with van der Waals surface area (Å²) < 4.78 is 14.1. The van der Waals surface area contributed by atoms with E-state index in [1.54, 1.807) is 6.07 Å². The summed E-state index contributed by atoms with van der Waals surface area (Å²) in [4.78, 5) is 0. The molecule has 0 heterocycles. The molecule has 0 amide bonds. The van der Waals surface area contributed by atoms with E-state index in [-0.39, 0.29) is 16.3 Å². The van der Waals surface area contributed by atoms with E-state index in [0.717, 1.165) is 24.8 Å². The van der Waals surface area contributed by atoms with Gasteiger partial charge in [0.25, 0.3) is 0 Å². The number of hydrogen-bond donors (Lipinski definition) is 1. The summed E-state index contributed by atoms with van der Waals surface area (Å²) in [6.45, 7) is 6.03. The molecule has 1 saturated carbocycles. The summed E-state index contributed by atoms with van der Waals surface area (Å²) >= 11 is 6.04. The van der Waals surface area contributed by atoms with Gasteiger partial charge in [0, 0.05) is 6.04 Å². The van der Waals surface area contributed by atoms with E-state index < -0.39 is 0 Å². The maximum absolute atomic E-state index is 14.1. The molecule has 0 radical (unpaired) electrons. The highest BCUT2D eigenvalue weighted by Gasteiger charge is 2.25. The molecule has 1 fully saturated rings. The lowest BCUT2D eigenvalue weighted by molar-refractivity contribution is 0.512. The highest BCUT2D eigenvalue weighted by Crippen LogP contribution is 2.33. The second-order valence-electron chi connectivity index (χ2n) is 6.83. The zero-order chi connectivity index (χ0) is 14.2. The summed E-state index contributed by atoms with van der Waals surface area (Å²) in [6.07, 6.45) is 4.30. The van der Waals surface area contributed by atoms with E-state index in [2.05, 4.69) is 0 Å². The Balaban J connectivity index is 2.24. The molecule has 1 aliphatic rings. The first-order valence-corrected chi connectivity index (χ1v) is 7.39. The van der Waals surface area contributed by atoms with E-state index in [4.69, 9.17) is 17.3 Å². The van der Waals surface area contributed by atoms with Gasteiger partial charge in [-0.2, -0.15) is 0 Å². The Hall–Kier alpha value is -0.600. The van der Waals surface area contributed by atoms with Crippen molar-refractivity contribution in [2.24, 2.45) is 11.7 Å². The van der Waals surface area contributed by atoms with Crippen LogP contribution in [0.15, 0.2) is 12.1 Å². The van der Waals surface area contributed by atoms with Crippen molar-refractivity contribution >= 4 is 11.6 Å². The minimum atomic E-state index is -0.277. The maximum Gasteiger partial charge on any atom is 0.145 e. The van der Waals surface area contributed by atoms with Crippen LogP contribution in [0.3, 0.4) is 0 Å². The van der Waals surface area contributed by atoms with Crippen molar-refractivity contribution in [3.05, 3.63) is 34.1 Å². The molecule has 2 N–H and O–H groups in total. The molecule has 0 aliphatic heterocycles. The van der Waals surface area contributed by atoms with Gasteiger partial charge < -0.3 is 5.73 Å². The van der Waals surface area contributed by atoms with Crippen LogP contribution in [0.25, 0.3) is 0 Å². The van der Waals surface area contributed by atoms with E-state index in [9.17, 15) is 4.39 Å². The van der Waals surface area contributed by atoms with Crippen molar-refractivity contribution in [3.8, 4) is 0 Å². The molecule has 1 aromatic rings. The minimum Gasteiger partial charge on any atom is -0.328 e. The van der Waals surface area contributed by atoms with Gasteiger partial charge in [-0.05, 0) is 54.2 Å². The zero-order valence-corrected chi connectivity index (χ0v) is 12.7. The number of rotatable bonds is 2. The van der Waals surface area contributed by atoms with Crippen molar-refractivity contribution in [1.82, 2.24) is 0 Å². The number of hydrogen-bond acceptors (Lipinski definition) is 1. The fourth-order valence-electron chi connectivity index (χ4n) is 2.94. The third kappa shape index (κ3) is 3.49. The van der Waals surface area contributed by atoms with Gasteiger partial charge in [-0.15, -0.1) is 0 Å². The van der Waals surface area contributed by atoms with Gasteiger partial charge in [0.1, 0.15) is 5.82 Å². The maximum atomic E-state index is 14.1. The summed E-state index contributed by atoms with van der Waals surface area (Å²) in [5.74, 6) is 0.338. The molecule has 0 bridgehead atoms. The zero-order valence-electron chi connectivity index (χ0n) is 12.0. The smallest absolute Gasteiger partial charge is 0.145 e. The molecule has 0 spiro atoms. The van der Waals surface area contributed by atoms with Crippen molar-refractivity contribution in [3.63, 3.8) is 0 Å². The molecule has 2 rings (SSSR count). The largest absolute Gasteiger partial charge is 0.328 e. The van der Waals surface area contributed by atoms with Gasteiger partial charge in [-0.3, -0.25) is 0 Å². The third-order valence-corrected chi connectivity index (χ3v) is 4.28. The SMILES string of the molecule is CC(C)(C)c1cc(CC2CCC(N)C2)cc(Cl)c1F. The molecular formula is C16H23ClFN. The lowest BCUT2D eigenvalue weighted by Gasteiger charge is -2.22. The molecule has 0 aromatic heterocycles. The summed E-state index contributed by atoms with van der Waals surface area (Å²) in [6, 6.07) is 4.09. The first-order valence-electron chi connectivity index (χ1n) is 7.01. The average Bonchev–Trinajstić information content (AvgIpc) is 2.67. The first kappa shape index (κ1) is 14.8. The molecule has 19 heavy (non-hydrogen) atoms. The molecule has 1 nitrogen and oxygen atoms in total. The number of benzene rings is 1. The fraction of sp³-hybridized carbons (Fsp3) is 0.625. The lowest BCUT2D eigenvalue weighted by atomic mass is 9.84. The van der Waals surface area contributed by atoms with Gasteiger partial charge in [-0.1, -0.05) is 38.4 Å². The van der Waals surface area contributed by atoms with E-state index in [0.29, 0.717) is 17.5 Å². The van der Waals surface area contributed by atoms with Gasteiger partial charge in [-0.25, -0.2) is 4.39 Å². The second-order valence-corrected chi connectivity index (χ2v) is 7.24. The molecule has 0 saturated heterocycles. The minimum absolute atomic E-state index is 0.226. The molecule has 2 atom stereocenters. The van der Waals surface area contributed by atoms with Gasteiger partial charge in [0.2, 0.25) is 0 Å². The fourth-order valence-corrected chi connectivity index (χ4v) is 3.18. The Morgan fingerprint density at radius 1 is 1.32 bits per heavy atom. The van der Waals surface area contributed by atoms with Crippen LogP contribution in [-0.2, 0) is 11.8 Å². The first-order chi connectivity index (χ1) is 8.77. The van der Waals surface area contributed by atoms with Gasteiger partial charge in [0.15, 0.2) is 0 Å². The Labute approximate surface area is 120 Å². The van der Waals surface area contributed by atoms with Crippen LogP contribution in [0.4, 0.5) is 4.39 Å². The second kappa shape index (κ2) is 5.41. The van der Waals surface area contributed by atoms with E-state index in [1.165, 1.54) is 6.42 Å². The van der Waals surface area contributed by atoms with Crippen LogP contribution in [0.1, 0.15) is 51.2 Å². The van der Waals surface area contributed by atoms with Crippen LogP contribution >= 0.6 is 11.6 Å². The Kier molecular flexibility index (Phi) is 4.22. The highest BCUT2D eigenvalue weighted by atomic mass is 35.5. The van der Waals surface area contributed by atoms with E-state index >= 15 is 0 Å². The number of halogens is 2. The summed E-state index contributed by atoms with van der Waals surface area (Å²) in [7, 11) is 0. The Morgan fingerprint density at radius 2 is 2.00 bits per heavy atom. The standard InChI is InChI=1S/C16H23ClFN/c1-16(2,3)13-8-11(9-14(17)15(13)18)6-10-4-5-12(19)7-10/h8-10,12H,4-7,19H2,1-3H3. The average molecular weight is 284 g/mol. The van der Waals surface area contributed by atoms with Crippen LogP contribution in [0, 0.1) is 11.7 Å². The van der Waals surface area contributed by atoms with Gasteiger partial charge >= 0.3 is 0 Å². The van der Waals surface area contributed by atoms with Crippen molar-refractivity contribution in [2.75, 3.05) is 0 Å². The van der Waals surface area contributed by atoms with Crippen LogP contribution in [-0.4, -0.2) is 6.04 Å². The normalized spacial score (nSPS) is 23.9. The van der Waals surface area contributed by atoms with E-state index in [1.807, 2.05) is 26.8 Å². The lowest BCUT2D eigenvalue weighted by Crippen LogP contribution is -2.16. The topological polar surface area (TPSA) is 26.0 Å². The quantitative estimate of drug-likeness (QED) is 0.853. The predicted molar refractivity (Wildman–Crippen MR) is 79.1 cm³/mol. The van der Waals surface area contributed by atoms with Crippen molar-refractivity contribution in [1.29, 1.82) is 0 Å². The number of nitrogens with two attached hydrogens (primary N) is 1. The van der Waals surface area contributed by atoms with Crippen LogP contribution in [0.2, 0.25) is 5.02 Å². The van der Waals surface area contributed by atoms with Crippen molar-refractivity contribution < 1.29 is 4.39 Å². The molecule has 106 valence electrons. The van der Waals surface area contributed by atoms with Crippen LogP contribution < -0.4 is 5.73 Å². The predicted octanol–water partition coefficient (Wildman–Crippen LogP) is 4.45. The Bertz CT molecular complexity index is 465. The molecule has 3 heteroatoms.